The highest BCUT2D eigenvalue weighted by molar-refractivity contribution is 7.99. The molecule has 2 fully saturated rings. The second kappa shape index (κ2) is 6.24. The number of hydrogen-bond acceptors (Lipinski definition) is 4. The fraction of sp³-hybridized carbons (Fsp3) is 1.00. The molecule has 2 N–H and O–H groups in total. The average Bonchev–Trinajstić information content (AvgIpc) is 2.84. The van der Waals surface area contributed by atoms with Crippen molar-refractivity contribution in [3.8, 4) is 0 Å². The van der Waals surface area contributed by atoms with Gasteiger partial charge in [0.1, 0.15) is 0 Å². The molecule has 0 aliphatic carbocycles. The van der Waals surface area contributed by atoms with Crippen molar-refractivity contribution in [2.75, 3.05) is 37.7 Å². The van der Waals surface area contributed by atoms with E-state index in [2.05, 4.69) is 23.6 Å². The number of thioether (sulfide) groups is 1. The van der Waals surface area contributed by atoms with E-state index in [-0.39, 0.29) is 0 Å². The van der Waals surface area contributed by atoms with Crippen LogP contribution < -0.4 is 5.73 Å². The molecule has 2 heterocycles. The first-order valence-corrected chi connectivity index (χ1v) is 7.64. The molecule has 0 radical (unpaired) electrons. The molecule has 0 aromatic heterocycles. The van der Waals surface area contributed by atoms with Gasteiger partial charge in [0.2, 0.25) is 0 Å². The lowest BCUT2D eigenvalue weighted by atomic mass is 9.96. The second-order valence-corrected chi connectivity index (χ2v) is 5.97. The first-order valence-electron chi connectivity index (χ1n) is 6.48. The molecular weight excluding hydrogens is 220 g/mol. The van der Waals surface area contributed by atoms with Crippen molar-refractivity contribution < 1.29 is 4.74 Å². The molecule has 4 heteroatoms. The zero-order chi connectivity index (χ0) is 11.4. The third kappa shape index (κ3) is 2.92. The smallest absolute Gasteiger partial charge is 0.0700 e. The first kappa shape index (κ1) is 12.7. The van der Waals surface area contributed by atoms with E-state index >= 15 is 0 Å². The molecule has 2 aliphatic heterocycles. The predicted molar refractivity (Wildman–Crippen MR) is 69.9 cm³/mol. The topological polar surface area (TPSA) is 38.5 Å². The summed E-state index contributed by atoms with van der Waals surface area (Å²) < 4.78 is 5.73. The van der Waals surface area contributed by atoms with Gasteiger partial charge in [0.25, 0.3) is 0 Å². The summed E-state index contributed by atoms with van der Waals surface area (Å²) in [5.74, 6) is 3.43. The summed E-state index contributed by atoms with van der Waals surface area (Å²) in [6, 6.07) is 0.591. The van der Waals surface area contributed by atoms with Gasteiger partial charge in [-0.25, -0.2) is 0 Å². The highest BCUT2D eigenvalue weighted by Crippen LogP contribution is 2.29. The van der Waals surface area contributed by atoms with Crippen LogP contribution in [-0.4, -0.2) is 54.8 Å². The van der Waals surface area contributed by atoms with Gasteiger partial charge in [-0.1, -0.05) is 6.92 Å². The fourth-order valence-electron chi connectivity index (χ4n) is 2.79. The zero-order valence-electron chi connectivity index (χ0n) is 10.2. The van der Waals surface area contributed by atoms with Crippen LogP contribution in [0.5, 0.6) is 0 Å². The minimum absolute atomic E-state index is 0.428. The molecule has 0 saturated carbocycles. The Labute approximate surface area is 103 Å². The molecule has 2 rings (SSSR count). The Morgan fingerprint density at radius 1 is 1.56 bits per heavy atom. The van der Waals surface area contributed by atoms with E-state index in [0.717, 1.165) is 38.6 Å². The number of nitrogens with zero attached hydrogens (tertiary/aromatic N) is 1. The highest BCUT2D eigenvalue weighted by atomic mass is 32.2. The minimum atomic E-state index is 0.428. The van der Waals surface area contributed by atoms with Crippen molar-refractivity contribution in [3.05, 3.63) is 0 Å². The Balaban J connectivity index is 1.91. The van der Waals surface area contributed by atoms with Crippen molar-refractivity contribution in [2.45, 2.75) is 31.9 Å². The van der Waals surface area contributed by atoms with Crippen LogP contribution in [0.25, 0.3) is 0 Å². The van der Waals surface area contributed by atoms with Gasteiger partial charge in [-0.3, -0.25) is 4.90 Å². The van der Waals surface area contributed by atoms with Crippen molar-refractivity contribution >= 4 is 11.8 Å². The molecular formula is C12H24N2OS. The van der Waals surface area contributed by atoms with Crippen LogP contribution in [0.3, 0.4) is 0 Å². The number of nitrogens with two attached hydrogens (primary N) is 1. The summed E-state index contributed by atoms with van der Waals surface area (Å²) in [5, 5.41) is 0. The maximum atomic E-state index is 5.98. The molecule has 3 unspecified atom stereocenters. The average molecular weight is 244 g/mol. The third-order valence-corrected chi connectivity index (χ3v) is 5.03. The molecule has 0 aromatic rings. The van der Waals surface area contributed by atoms with Crippen LogP contribution in [0.15, 0.2) is 0 Å². The number of hydrogen-bond donors (Lipinski definition) is 1. The van der Waals surface area contributed by atoms with E-state index in [1.54, 1.807) is 0 Å². The van der Waals surface area contributed by atoms with E-state index in [1.165, 1.54) is 17.9 Å². The molecule has 2 aliphatic rings. The monoisotopic (exact) mass is 244 g/mol. The Morgan fingerprint density at radius 3 is 3.06 bits per heavy atom. The standard InChI is InChI=1S/C12H24N2OS/c1-2-11-8-14(4-5-15-11)12(7-13)10-3-6-16-9-10/h10-12H,2-9,13H2,1H3. The predicted octanol–water partition coefficient (Wildman–Crippen LogP) is 1.18. The summed E-state index contributed by atoms with van der Waals surface area (Å²) in [6.07, 6.45) is 2.89. The van der Waals surface area contributed by atoms with E-state index in [0.29, 0.717) is 12.1 Å². The molecule has 2 saturated heterocycles. The zero-order valence-corrected chi connectivity index (χ0v) is 11.0. The summed E-state index contributed by atoms with van der Waals surface area (Å²) >= 11 is 2.08. The van der Waals surface area contributed by atoms with Gasteiger partial charge in [-0.05, 0) is 30.3 Å². The molecule has 0 aromatic carbocycles. The molecule has 0 bridgehead atoms. The van der Waals surface area contributed by atoms with Gasteiger partial charge in [-0.15, -0.1) is 0 Å². The van der Waals surface area contributed by atoms with Gasteiger partial charge < -0.3 is 10.5 Å². The second-order valence-electron chi connectivity index (χ2n) is 4.82. The number of morpholine rings is 1. The quantitative estimate of drug-likeness (QED) is 0.806. The van der Waals surface area contributed by atoms with E-state index in [9.17, 15) is 0 Å². The van der Waals surface area contributed by atoms with Crippen LogP contribution in [0, 0.1) is 5.92 Å². The van der Waals surface area contributed by atoms with Crippen molar-refractivity contribution in [1.82, 2.24) is 4.90 Å². The van der Waals surface area contributed by atoms with E-state index < -0.39 is 0 Å². The fourth-order valence-corrected chi connectivity index (χ4v) is 4.11. The number of ether oxygens (including phenoxy) is 1. The lowest BCUT2D eigenvalue weighted by Gasteiger charge is -2.40. The van der Waals surface area contributed by atoms with Crippen LogP contribution in [-0.2, 0) is 4.74 Å². The Hall–Kier alpha value is 0.230. The maximum Gasteiger partial charge on any atom is 0.0700 e. The normalized spacial score (nSPS) is 34.1. The van der Waals surface area contributed by atoms with Crippen LogP contribution in [0.4, 0.5) is 0 Å². The molecule has 0 spiro atoms. The van der Waals surface area contributed by atoms with Crippen LogP contribution in [0.2, 0.25) is 0 Å². The lowest BCUT2D eigenvalue weighted by Crippen LogP contribution is -2.53. The Morgan fingerprint density at radius 2 is 2.44 bits per heavy atom. The Bertz CT molecular complexity index is 209. The summed E-state index contributed by atoms with van der Waals surface area (Å²) in [4.78, 5) is 2.58. The SMILES string of the molecule is CCC1CN(C(CN)C2CCSC2)CCO1. The van der Waals surface area contributed by atoms with Crippen LogP contribution >= 0.6 is 11.8 Å². The largest absolute Gasteiger partial charge is 0.376 e. The lowest BCUT2D eigenvalue weighted by molar-refractivity contribution is -0.0499. The minimum Gasteiger partial charge on any atom is -0.376 e. The van der Waals surface area contributed by atoms with Crippen LogP contribution in [0.1, 0.15) is 19.8 Å². The van der Waals surface area contributed by atoms with Crippen molar-refractivity contribution in [1.29, 1.82) is 0 Å². The van der Waals surface area contributed by atoms with E-state index in [1.807, 2.05) is 0 Å². The summed E-state index contributed by atoms with van der Waals surface area (Å²) in [7, 11) is 0. The molecule has 3 nitrogen and oxygen atoms in total. The van der Waals surface area contributed by atoms with E-state index in [4.69, 9.17) is 10.5 Å². The van der Waals surface area contributed by atoms with Gasteiger partial charge >= 0.3 is 0 Å². The summed E-state index contributed by atoms with van der Waals surface area (Å²) in [5.41, 5.74) is 5.98. The molecule has 94 valence electrons. The molecule has 0 amide bonds. The Kier molecular flexibility index (Phi) is 4.95. The first-order chi connectivity index (χ1) is 7.85. The summed E-state index contributed by atoms with van der Waals surface area (Å²) in [6.45, 7) is 6.05. The maximum absolute atomic E-state index is 5.98. The third-order valence-electron chi connectivity index (χ3n) is 3.85. The highest BCUT2D eigenvalue weighted by Gasteiger charge is 2.32. The van der Waals surface area contributed by atoms with Crippen molar-refractivity contribution in [2.24, 2.45) is 11.7 Å². The van der Waals surface area contributed by atoms with Gasteiger partial charge in [0.15, 0.2) is 0 Å². The van der Waals surface area contributed by atoms with Crippen molar-refractivity contribution in [3.63, 3.8) is 0 Å². The van der Waals surface area contributed by atoms with Gasteiger partial charge in [0, 0.05) is 25.7 Å². The molecule has 16 heavy (non-hydrogen) atoms. The molecule has 3 atom stereocenters. The number of rotatable bonds is 4. The van der Waals surface area contributed by atoms with Gasteiger partial charge in [0.05, 0.1) is 12.7 Å². The van der Waals surface area contributed by atoms with Gasteiger partial charge in [-0.2, -0.15) is 11.8 Å².